The number of nitrogens with one attached hydrogen (secondary N) is 1. The number of rotatable bonds is 5. The van der Waals surface area contributed by atoms with Gasteiger partial charge in [0.15, 0.2) is 5.92 Å². The fourth-order valence-electron chi connectivity index (χ4n) is 5.49. The predicted molar refractivity (Wildman–Crippen MR) is 117 cm³/mol. The number of benzene rings is 1. The molecule has 34 heavy (non-hydrogen) atoms. The van der Waals surface area contributed by atoms with E-state index in [4.69, 9.17) is 14.2 Å². The molecule has 1 saturated heterocycles. The second kappa shape index (κ2) is 8.92. The minimum Gasteiger partial charge on any atom is -0.468 e. The van der Waals surface area contributed by atoms with Crippen molar-refractivity contribution in [3.8, 4) is 0 Å². The van der Waals surface area contributed by atoms with Gasteiger partial charge in [-0.25, -0.2) is 4.79 Å². The lowest BCUT2D eigenvalue weighted by atomic mass is 9.69. The molecule has 0 saturated carbocycles. The number of fused-ring (bicyclic) bond motifs is 5. The highest BCUT2D eigenvalue weighted by Crippen LogP contribution is 2.48. The molecule has 1 fully saturated rings. The summed E-state index contributed by atoms with van der Waals surface area (Å²) in [5.41, 5.74) is 2.39. The zero-order chi connectivity index (χ0) is 24.7. The Morgan fingerprint density at radius 3 is 2.26 bits per heavy atom. The highest BCUT2D eigenvalue weighted by molar-refractivity contribution is 6.05. The number of para-hydroxylation sites is 1. The number of ether oxygens (including phenoxy) is 3. The van der Waals surface area contributed by atoms with Crippen LogP contribution >= 0.6 is 0 Å². The smallest absolute Gasteiger partial charge is 0.328 e. The van der Waals surface area contributed by atoms with Crippen LogP contribution in [0.3, 0.4) is 0 Å². The van der Waals surface area contributed by atoms with Crippen LogP contribution < -0.4 is 0 Å². The first-order chi connectivity index (χ1) is 16.2. The molecule has 3 heterocycles. The first kappa shape index (κ1) is 23.5. The van der Waals surface area contributed by atoms with Gasteiger partial charge in [-0.05, 0) is 25.0 Å². The molecule has 180 valence electrons. The van der Waals surface area contributed by atoms with Gasteiger partial charge in [0.25, 0.3) is 0 Å². The Morgan fingerprint density at radius 1 is 1.03 bits per heavy atom. The maximum absolute atomic E-state index is 13.8. The Hall–Kier alpha value is -3.69. The molecule has 2 aliphatic heterocycles. The van der Waals surface area contributed by atoms with Crippen LogP contribution in [0.4, 0.5) is 0 Å². The quantitative estimate of drug-likeness (QED) is 0.393. The molecule has 0 aliphatic carbocycles. The minimum absolute atomic E-state index is 0.0676. The van der Waals surface area contributed by atoms with Gasteiger partial charge in [0, 0.05) is 28.9 Å². The third-order valence-corrected chi connectivity index (χ3v) is 6.94. The average molecular weight is 470 g/mol. The molecule has 1 aromatic heterocycles. The fraction of sp³-hybridized carbons (Fsp3) is 0.458. The topological polar surface area (TPSA) is 132 Å². The van der Waals surface area contributed by atoms with Gasteiger partial charge >= 0.3 is 17.9 Å². The predicted octanol–water partition coefficient (Wildman–Crippen LogP) is 1.32. The summed E-state index contributed by atoms with van der Waals surface area (Å²) in [6, 6.07) is 5.90. The summed E-state index contributed by atoms with van der Waals surface area (Å²) < 4.78 is 14.6. The molecule has 1 amide bonds. The lowest BCUT2D eigenvalue weighted by molar-refractivity contribution is -0.173. The SMILES string of the molecule is COC(=O)C(C(=O)OC)[C@@H]1C[C@H]2c3[nH]c4ccccc4c3C[C@@H](C(=O)OC)N2C(=O)[C@@H]1C(C)=O. The van der Waals surface area contributed by atoms with E-state index in [0.29, 0.717) is 5.69 Å². The van der Waals surface area contributed by atoms with Crippen molar-refractivity contribution in [3.05, 3.63) is 35.5 Å². The molecule has 1 aromatic carbocycles. The highest BCUT2D eigenvalue weighted by Gasteiger charge is 2.56. The molecule has 10 nitrogen and oxygen atoms in total. The number of carbonyl (C=O) groups excluding carboxylic acids is 5. The van der Waals surface area contributed by atoms with Crippen molar-refractivity contribution < 1.29 is 38.2 Å². The molecule has 4 atom stereocenters. The van der Waals surface area contributed by atoms with E-state index in [0.717, 1.165) is 30.7 Å². The summed E-state index contributed by atoms with van der Waals surface area (Å²) in [6.45, 7) is 1.23. The molecule has 1 N–H and O–H groups in total. The van der Waals surface area contributed by atoms with Crippen LogP contribution in [-0.2, 0) is 44.6 Å². The third-order valence-electron chi connectivity index (χ3n) is 6.94. The average Bonchev–Trinajstić information content (AvgIpc) is 3.21. The second-order valence-corrected chi connectivity index (χ2v) is 8.58. The Bertz CT molecular complexity index is 1170. The zero-order valence-corrected chi connectivity index (χ0v) is 19.3. The summed E-state index contributed by atoms with van der Waals surface area (Å²) in [5.74, 6) is -7.33. The van der Waals surface area contributed by atoms with Crippen molar-refractivity contribution in [1.82, 2.24) is 9.88 Å². The Labute approximate surface area is 195 Å². The molecule has 4 rings (SSSR count). The largest absolute Gasteiger partial charge is 0.468 e. The van der Waals surface area contributed by atoms with Crippen molar-refractivity contribution >= 4 is 40.5 Å². The Balaban J connectivity index is 1.90. The molecule has 0 radical (unpaired) electrons. The van der Waals surface area contributed by atoms with Crippen LogP contribution in [0, 0.1) is 17.8 Å². The van der Waals surface area contributed by atoms with Gasteiger partial charge in [-0.1, -0.05) is 18.2 Å². The van der Waals surface area contributed by atoms with Crippen LogP contribution in [0.5, 0.6) is 0 Å². The van der Waals surface area contributed by atoms with Gasteiger partial charge in [0.2, 0.25) is 5.91 Å². The number of amides is 1. The summed E-state index contributed by atoms with van der Waals surface area (Å²) in [4.78, 5) is 69.2. The molecule has 0 unspecified atom stereocenters. The monoisotopic (exact) mass is 470 g/mol. The number of carbonyl (C=O) groups is 5. The summed E-state index contributed by atoms with van der Waals surface area (Å²) in [5, 5.41) is 0.904. The minimum atomic E-state index is -1.47. The number of piperidine rings is 1. The molecular formula is C24H26N2O8. The Morgan fingerprint density at radius 2 is 1.68 bits per heavy atom. The molecule has 2 aliphatic rings. The number of Topliss-reactive ketones (excluding diaryl/α,β-unsaturated/α-hetero) is 1. The van der Waals surface area contributed by atoms with E-state index in [-0.39, 0.29) is 12.8 Å². The van der Waals surface area contributed by atoms with Gasteiger partial charge in [0.1, 0.15) is 17.7 Å². The van der Waals surface area contributed by atoms with E-state index < -0.39 is 59.4 Å². The van der Waals surface area contributed by atoms with E-state index in [9.17, 15) is 24.0 Å². The summed E-state index contributed by atoms with van der Waals surface area (Å²) in [6.07, 6.45) is 0.277. The van der Waals surface area contributed by atoms with Crippen LogP contribution in [-0.4, -0.2) is 66.9 Å². The van der Waals surface area contributed by atoms with E-state index in [2.05, 4.69) is 4.98 Å². The van der Waals surface area contributed by atoms with Gasteiger partial charge < -0.3 is 24.1 Å². The van der Waals surface area contributed by atoms with Crippen LogP contribution in [0.2, 0.25) is 0 Å². The van der Waals surface area contributed by atoms with Gasteiger partial charge in [0.05, 0.1) is 27.4 Å². The normalized spacial score (nSPS) is 23.8. The van der Waals surface area contributed by atoms with Crippen molar-refractivity contribution in [2.75, 3.05) is 21.3 Å². The lowest BCUT2D eigenvalue weighted by Crippen LogP contribution is -2.60. The number of methoxy groups -OCH3 is 3. The second-order valence-electron chi connectivity index (χ2n) is 8.58. The molecule has 10 heteroatoms. The first-order valence-corrected chi connectivity index (χ1v) is 10.9. The molecular weight excluding hydrogens is 444 g/mol. The molecule has 0 spiro atoms. The van der Waals surface area contributed by atoms with Gasteiger partial charge in [-0.3, -0.25) is 19.2 Å². The maximum Gasteiger partial charge on any atom is 0.328 e. The van der Waals surface area contributed by atoms with Crippen LogP contribution in [0.15, 0.2) is 24.3 Å². The summed E-state index contributed by atoms with van der Waals surface area (Å²) in [7, 11) is 3.50. The molecule has 0 bridgehead atoms. The number of nitrogens with zero attached hydrogens (tertiary/aromatic N) is 1. The van der Waals surface area contributed by atoms with Crippen molar-refractivity contribution in [2.45, 2.75) is 31.8 Å². The number of ketones is 1. The van der Waals surface area contributed by atoms with E-state index >= 15 is 0 Å². The third kappa shape index (κ3) is 3.53. The van der Waals surface area contributed by atoms with E-state index in [1.165, 1.54) is 18.9 Å². The maximum atomic E-state index is 13.8. The Kier molecular flexibility index (Phi) is 6.16. The number of aromatic amines is 1. The van der Waals surface area contributed by atoms with Gasteiger partial charge in [-0.15, -0.1) is 0 Å². The number of H-pyrrole nitrogens is 1. The van der Waals surface area contributed by atoms with Crippen molar-refractivity contribution in [3.63, 3.8) is 0 Å². The summed E-state index contributed by atoms with van der Waals surface area (Å²) >= 11 is 0. The van der Waals surface area contributed by atoms with E-state index in [1.807, 2.05) is 24.3 Å². The van der Waals surface area contributed by atoms with Crippen LogP contribution in [0.1, 0.15) is 30.6 Å². The fourth-order valence-corrected chi connectivity index (χ4v) is 5.49. The zero-order valence-electron chi connectivity index (χ0n) is 19.3. The lowest BCUT2D eigenvalue weighted by Gasteiger charge is -2.48. The van der Waals surface area contributed by atoms with Crippen molar-refractivity contribution in [1.29, 1.82) is 0 Å². The van der Waals surface area contributed by atoms with E-state index in [1.54, 1.807) is 0 Å². The number of hydrogen-bond acceptors (Lipinski definition) is 8. The van der Waals surface area contributed by atoms with Crippen molar-refractivity contribution in [2.24, 2.45) is 17.8 Å². The number of aromatic nitrogens is 1. The number of esters is 3. The van der Waals surface area contributed by atoms with Gasteiger partial charge in [-0.2, -0.15) is 0 Å². The standard InChI is InChI=1S/C24H26N2O8/c1-11(27)18-14(19(23(30)33-3)24(31)34-4)10-16-20-13(12-7-5-6-8-15(12)25-20)9-17(22(29)32-2)26(16)21(18)28/h5-8,14,16-19,25H,9-10H2,1-4H3/t14-,16+,17+,18-/m1/s1. The first-order valence-electron chi connectivity index (χ1n) is 10.9. The number of hydrogen-bond donors (Lipinski definition) is 1. The highest BCUT2D eigenvalue weighted by atomic mass is 16.5. The van der Waals surface area contributed by atoms with Crippen LogP contribution in [0.25, 0.3) is 10.9 Å². The molecule has 2 aromatic rings.